The first kappa shape index (κ1) is 12.4. The first-order valence-corrected chi connectivity index (χ1v) is 6.97. The van der Waals surface area contributed by atoms with Crippen LogP contribution in [-0.4, -0.2) is 30.1 Å². The number of nitrogens with zero attached hydrogens (tertiary/aromatic N) is 1. The molecular formula is C13H15N3O2S. The number of rotatable bonds is 3. The molecule has 19 heavy (non-hydrogen) atoms. The van der Waals surface area contributed by atoms with E-state index in [4.69, 9.17) is 10.5 Å². The molecule has 0 aromatic carbocycles. The first-order chi connectivity index (χ1) is 9.19. The van der Waals surface area contributed by atoms with E-state index in [1.54, 1.807) is 13.3 Å². The van der Waals surface area contributed by atoms with Gasteiger partial charge in [0.15, 0.2) is 0 Å². The Morgan fingerprint density at radius 1 is 1.58 bits per heavy atom. The van der Waals surface area contributed by atoms with Crippen LogP contribution < -0.4 is 11.1 Å². The molecule has 0 aliphatic heterocycles. The molecule has 0 radical (unpaired) electrons. The highest BCUT2D eigenvalue weighted by molar-refractivity contribution is 7.21. The number of methoxy groups -OCH3 is 1. The summed E-state index contributed by atoms with van der Waals surface area (Å²) in [7, 11) is 1.69. The molecular weight excluding hydrogens is 262 g/mol. The molecule has 2 heterocycles. The van der Waals surface area contributed by atoms with Gasteiger partial charge in [-0.3, -0.25) is 9.78 Å². The Morgan fingerprint density at radius 3 is 3.05 bits per heavy atom. The van der Waals surface area contributed by atoms with E-state index < -0.39 is 0 Å². The summed E-state index contributed by atoms with van der Waals surface area (Å²) in [5.74, 6) is -0.111. The lowest BCUT2D eigenvalue weighted by molar-refractivity contribution is 0.0177. The number of nitrogens with one attached hydrogen (secondary N) is 1. The molecule has 0 spiro atoms. The molecule has 5 nitrogen and oxygen atoms in total. The second kappa shape index (κ2) is 4.79. The fourth-order valence-corrected chi connectivity index (χ4v) is 3.23. The highest BCUT2D eigenvalue weighted by Crippen LogP contribution is 2.32. The SMILES string of the molecule is COC1CC(NC(=O)c2sc3cccnc3c2N)C1. The van der Waals surface area contributed by atoms with Crippen molar-refractivity contribution in [2.24, 2.45) is 0 Å². The Bertz CT molecular complexity index is 619. The summed E-state index contributed by atoms with van der Waals surface area (Å²) in [6, 6.07) is 3.95. The van der Waals surface area contributed by atoms with Gasteiger partial charge < -0.3 is 15.8 Å². The van der Waals surface area contributed by atoms with Crippen molar-refractivity contribution < 1.29 is 9.53 Å². The van der Waals surface area contributed by atoms with Crippen molar-refractivity contribution in [2.75, 3.05) is 12.8 Å². The van der Waals surface area contributed by atoms with Gasteiger partial charge in [-0.05, 0) is 25.0 Å². The molecule has 1 aliphatic rings. The minimum absolute atomic E-state index is 0.111. The van der Waals surface area contributed by atoms with Crippen molar-refractivity contribution in [2.45, 2.75) is 25.0 Å². The topological polar surface area (TPSA) is 77.2 Å². The molecule has 3 N–H and O–H groups in total. The third kappa shape index (κ3) is 2.17. The normalized spacial score (nSPS) is 22.2. The number of nitrogens with two attached hydrogens (primary N) is 1. The summed E-state index contributed by atoms with van der Waals surface area (Å²) in [5.41, 5.74) is 7.17. The van der Waals surface area contributed by atoms with E-state index in [2.05, 4.69) is 10.3 Å². The predicted molar refractivity (Wildman–Crippen MR) is 75.3 cm³/mol. The van der Waals surface area contributed by atoms with Crippen molar-refractivity contribution in [3.8, 4) is 0 Å². The van der Waals surface area contributed by atoms with Gasteiger partial charge in [-0.15, -0.1) is 11.3 Å². The second-order valence-electron chi connectivity index (χ2n) is 4.69. The lowest BCUT2D eigenvalue weighted by Gasteiger charge is -2.34. The average Bonchev–Trinajstić information content (AvgIpc) is 2.71. The molecule has 1 amide bonds. The molecule has 1 aliphatic carbocycles. The maximum Gasteiger partial charge on any atom is 0.263 e. The number of hydrogen-bond donors (Lipinski definition) is 2. The number of nitrogen functional groups attached to an aromatic ring is 1. The van der Waals surface area contributed by atoms with Gasteiger partial charge in [0.2, 0.25) is 0 Å². The summed E-state index contributed by atoms with van der Waals surface area (Å²) in [4.78, 5) is 16.9. The number of pyridine rings is 1. The van der Waals surface area contributed by atoms with Crippen LogP contribution >= 0.6 is 11.3 Å². The van der Waals surface area contributed by atoms with Crippen LogP contribution in [0.4, 0.5) is 5.69 Å². The van der Waals surface area contributed by atoms with Crippen LogP contribution in [0.15, 0.2) is 18.3 Å². The summed E-state index contributed by atoms with van der Waals surface area (Å²) < 4.78 is 6.13. The average molecular weight is 277 g/mol. The van der Waals surface area contributed by atoms with E-state index in [1.165, 1.54) is 11.3 Å². The number of hydrogen-bond acceptors (Lipinski definition) is 5. The van der Waals surface area contributed by atoms with Gasteiger partial charge in [-0.25, -0.2) is 0 Å². The molecule has 3 rings (SSSR count). The minimum Gasteiger partial charge on any atom is -0.396 e. The number of ether oxygens (including phenoxy) is 1. The summed E-state index contributed by atoms with van der Waals surface area (Å²) in [6.07, 6.45) is 3.69. The Morgan fingerprint density at radius 2 is 2.37 bits per heavy atom. The summed E-state index contributed by atoms with van der Waals surface area (Å²) >= 11 is 1.38. The number of thiophene rings is 1. The Hall–Kier alpha value is -1.66. The van der Waals surface area contributed by atoms with Crippen LogP contribution in [0.5, 0.6) is 0 Å². The maximum absolute atomic E-state index is 12.2. The van der Waals surface area contributed by atoms with Crippen LogP contribution in [0.1, 0.15) is 22.5 Å². The van der Waals surface area contributed by atoms with Crippen LogP contribution in [0.25, 0.3) is 10.2 Å². The summed E-state index contributed by atoms with van der Waals surface area (Å²) in [6.45, 7) is 0. The van der Waals surface area contributed by atoms with Gasteiger partial charge in [0.25, 0.3) is 5.91 Å². The highest BCUT2D eigenvalue weighted by Gasteiger charge is 2.31. The molecule has 0 unspecified atom stereocenters. The molecule has 6 heteroatoms. The predicted octanol–water partition coefficient (Wildman–Crippen LogP) is 1.79. The van der Waals surface area contributed by atoms with Gasteiger partial charge in [0.05, 0.1) is 16.5 Å². The molecule has 2 aromatic rings. The molecule has 0 saturated heterocycles. The third-order valence-electron chi connectivity index (χ3n) is 3.45. The van der Waals surface area contributed by atoms with E-state index >= 15 is 0 Å². The lowest BCUT2D eigenvalue weighted by atomic mass is 9.89. The Kier molecular flexibility index (Phi) is 3.12. The second-order valence-corrected chi connectivity index (χ2v) is 5.75. The van der Waals surface area contributed by atoms with Gasteiger partial charge in [-0.1, -0.05) is 0 Å². The maximum atomic E-state index is 12.2. The zero-order valence-corrected chi connectivity index (χ0v) is 11.4. The summed E-state index contributed by atoms with van der Waals surface area (Å²) in [5, 5.41) is 2.98. The van der Waals surface area contributed by atoms with E-state index in [9.17, 15) is 4.79 Å². The highest BCUT2D eigenvalue weighted by atomic mass is 32.1. The van der Waals surface area contributed by atoms with Crippen molar-refractivity contribution >= 4 is 33.1 Å². The number of aromatic nitrogens is 1. The van der Waals surface area contributed by atoms with E-state index in [0.29, 0.717) is 16.1 Å². The largest absolute Gasteiger partial charge is 0.396 e. The Labute approximate surface area is 114 Å². The van der Waals surface area contributed by atoms with Crippen LogP contribution in [-0.2, 0) is 4.74 Å². The van der Waals surface area contributed by atoms with Crippen molar-refractivity contribution in [3.05, 3.63) is 23.2 Å². The first-order valence-electron chi connectivity index (χ1n) is 6.15. The van der Waals surface area contributed by atoms with Crippen LogP contribution in [0.3, 0.4) is 0 Å². The monoisotopic (exact) mass is 277 g/mol. The van der Waals surface area contributed by atoms with Crippen LogP contribution in [0.2, 0.25) is 0 Å². The van der Waals surface area contributed by atoms with Crippen LogP contribution in [0, 0.1) is 0 Å². The number of anilines is 1. The fraction of sp³-hybridized carbons (Fsp3) is 0.385. The molecule has 0 atom stereocenters. The molecule has 100 valence electrons. The Balaban J connectivity index is 1.77. The smallest absolute Gasteiger partial charge is 0.263 e. The van der Waals surface area contributed by atoms with Crippen molar-refractivity contribution in [1.29, 1.82) is 0 Å². The zero-order chi connectivity index (χ0) is 13.4. The molecule has 2 aromatic heterocycles. The van der Waals surface area contributed by atoms with Gasteiger partial charge in [0.1, 0.15) is 10.4 Å². The third-order valence-corrected chi connectivity index (χ3v) is 4.61. The minimum atomic E-state index is -0.111. The number of amides is 1. The van der Waals surface area contributed by atoms with E-state index in [0.717, 1.165) is 17.5 Å². The molecule has 0 bridgehead atoms. The molecule has 1 fully saturated rings. The number of carbonyl (C=O) groups is 1. The van der Waals surface area contributed by atoms with Crippen molar-refractivity contribution in [1.82, 2.24) is 10.3 Å². The van der Waals surface area contributed by atoms with E-state index in [-0.39, 0.29) is 18.1 Å². The molecule has 1 saturated carbocycles. The zero-order valence-electron chi connectivity index (χ0n) is 10.6. The standard InChI is InChI=1S/C13H15N3O2S/c1-18-8-5-7(6-8)16-13(17)12-10(14)11-9(19-12)3-2-4-15-11/h2-4,7-8H,5-6,14H2,1H3,(H,16,17). The fourth-order valence-electron chi connectivity index (χ4n) is 2.24. The van der Waals surface area contributed by atoms with Crippen molar-refractivity contribution in [3.63, 3.8) is 0 Å². The van der Waals surface area contributed by atoms with Gasteiger partial charge >= 0.3 is 0 Å². The lowest BCUT2D eigenvalue weighted by Crippen LogP contribution is -2.47. The van der Waals surface area contributed by atoms with Gasteiger partial charge in [-0.2, -0.15) is 0 Å². The quantitative estimate of drug-likeness (QED) is 0.896. The number of carbonyl (C=O) groups excluding carboxylic acids is 1. The van der Waals surface area contributed by atoms with Gasteiger partial charge in [0, 0.05) is 19.3 Å². The number of fused-ring (bicyclic) bond motifs is 1. The van der Waals surface area contributed by atoms with E-state index in [1.807, 2.05) is 12.1 Å².